The van der Waals surface area contributed by atoms with Gasteiger partial charge in [-0.3, -0.25) is 4.79 Å². The molecule has 2 aromatic rings. The second-order valence-electron chi connectivity index (χ2n) is 5.45. The van der Waals surface area contributed by atoms with Crippen molar-refractivity contribution >= 4 is 17.4 Å². The van der Waals surface area contributed by atoms with Crippen molar-refractivity contribution in [3.05, 3.63) is 46.1 Å². The summed E-state index contributed by atoms with van der Waals surface area (Å²) in [4.78, 5) is 11.0. The highest BCUT2D eigenvalue weighted by molar-refractivity contribution is 6.30. The number of carbonyl (C=O) groups is 1. The predicted molar refractivity (Wildman–Crippen MR) is 81.9 cm³/mol. The third-order valence-electron chi connectivity index (χ3n) is 3.09. The van der Waals surface area contributed by atoms with Gasteiger partial charge in [-0.1, -0.05) is 25.4 Å². The van der Waals surface area contributed by atoms with E-state index in [1.54, 1.807) is 0 Å². The van der Waals surface area contributed by atoms with E-state index < -0.39 is 17.4 Å². The number of ketones is 1. The van der Waals surface area contributed by atoms with Crippen LogP contribution in [0.15, 0.2) is 18.2 Å². The molecule has 1 heterocycles. The predicted octanol–water partition coefficient (Wildman–Crippen LogP) is 4.46. The monoisotopic (exact) mass is 340 g/mol. The molecule has 4 nitrogen and oxygen atoms in total. The smallest absolute Gasteiger partial charge is 0.239 e. The van der Waals surface area contributed by atoms with Gasteiger partial charge in [0.1, 0.15) is 5.78 Å². The lowest BCUT2D eigenvalue weighted by Gasteiger charge is -2.11. The summed E-state index contributed by atoms with van der Waals surface area (Å²) in [6.45, 7) is 5.13. The highest BCUT2D eigenvalue weighted by Gasteiger charge is 2.17. The topological polar surface area (TPSA) is 52.1 Å². The van der Waals surface area contributed by atoms with Crippen LogP contribution < -0.4 is 4.74 Å². The molecule has 0 spiro atoms. The molecule has 1 aromatic heterocycles. The molecule has 0 aliphatic heterocycles. The summed E-state index contributed by atoms with van der Waals surface area (Å²) in [7, 11) is 0. The number of benzene rings is 1. The van der Waals surface area contributed by atoms with Crippen LogP contribution in [0.2, 0.25) is 5.15 Å². The first-order valence-corrected chi connectivity index (χ1v) is 7.34. The molecular formula is C16H15ClF2N2O2. The van der Waals surface area contributed by atoms with E-state index in [2.05, 4.69) is 10.2 Å². The Balaban J connectivity index is 2.33. The summed E-state index contributed by atoms with van der Waals surface area (Å²) >= 11 is 5.92. The lowest BCUT2D eigenvalue weighted by atomic mass is 10.1. The van der Waals surface area contributed by atoms with Crippen molar-refractivity contribution in [2.45, 2.75) is 33.1 Å². The molecule has 0 atom stereocenters. The minimum Gasteiger partial charge on any atom is -0.431 e. The summed E-state index contributed by atoms with van der Waals surface area (Å²) in [5.41, 5.74) is 0.899. The van der Waals surface area contributed by atoms with Crippen LogP contribution in [-0.2, 0) is 11.2 Å². The third-order valence-corrected chi connectivity index (χ3v) is 3.39. The fourth-order valence-corrected chi connectivity index (χ4v) is 2.34. The van der Waals surface area contributed by atoms with Gasteiger partial charge >= 0.3 is 0 Å². The standard InChI is InChI=1S/C16H15ClF2N2O2/c1-8(2)11-7-14(20-21-16(11)17)23-15-12(18)5-10(4-9(3)22)6-13(15)19/h5-8H,4H2,1-3H3. The van der Waals surface area contributed by atoms with Crippen LogP contribution in [-0.4, -0.2) is 16.0 Å². The maximum atomic E-state index is 14.0. The molecule has 0 unspecified atom stereocenters. The summed E-state index contributed by atoms with van der Waals surface area (Å²) < 4.78 is 33.2. The number of rotatable bonds is 5. The van der Waals surface area contributed by atoms with Crippen molar-refractivity contribution in [1.29, 1.82) is 0 Å². The first-order chi connectivity index (χ1) is 10.8. The Labute approximate surface area is 137 Å². The van der Waals surface area contributed by atoms with Gasteiger partial charge in [0.25, 0.3) is 0 Å². The zero-order valence-electron chi connectivity index (χ0n) is 12.9. The minimum atomic E-state index is -0.913. The Kier molecular flexibility index (Phi) is 5.26. The molecule has 0 radical (unpaired) electrons. The molecular weight excluding hydrogens is 326 g/mol. The molecule has 0 saturated heterocycles. The fourth-order valence-electron chi connectivity index (χ4n) is 2.03. The molecule has 1 aromatic carbocycles. The third kappa shape index (κ3) is 4.22. The van der Waals surface area contributed by atoms with Crippen LogP contribution in [0.1, 0.15) is 37.8 Å². The van der Waals surface area contributed by atoms with E-state index in [0.717, 1.165) is 12.1 Å². The van der Waals surface area contributed by atoms with Crippen LogP contribution in [0.3, 0.4) is 0 Å². The summed E-state index contributed by atoms with van der Waals surface area (Å²) in [6.07, 6.45) is -0.0492. The van der Waals surface area contributed by atoms with Crippen molar-refractivity contribution in [1.82, 2.24) is 10.2 Å². The van der Waals surface area contributed by atoms with Gasteiger partial charge in [-0.2, -0.15) is 0 Å². The van der Waals surface area contributed by atoms with Gasteiger partial charge in [-0.25, -0.2) is 8.78 Å². The Bertz CT molecular complexity index is 728. The molecule has 0 saturated carbocycles. The van der Waals surface area contributed by atoms with Gasteiger partial charge in [0.05, 0.1) is 0 Å². The van der Waals surface area contributed by atoms with E-state index in [1.807, 2.05) is 13.8 Å². The Morgan fingerprint density at radius 2 is 1.83 bits per heavy atom. The van der Waals surface area contributed by atoms with Crippen LogP contribution in [0, 0.1) is 11.6 Å². The molecule has 2 rings (SSSR count). The largest absolute Gasteiger partial charge is 0.431 e. The van der Waals surface area contributed by atoms with E-state index in [1.165, 1.54) is 13.0 Å². The van der Waals surface area contributed by atoms with Gasteiger partial charge in [0.2, 0.25) is 11.6 Å². The summed E-state index contributed by atoms with van der Waals surface area (Å²) in [5, 5.41) is 7.60. The molecule has 0 aliphatic rings. The molecule has 23 heavy (non-hydrogen) atoms. The first kappa shape index (κ1) is 17.3. The van der Waals surface area contributed by atoms with Crippen molar-refractivity contribution in [2.24, 2.45) is 0 Å². The van der Waals surface area contributed by atoms with Gasteiger partial charge < -0.3 is 4.74 Å². The number of halogens is 3. The number of nitrogens with zero attached hydrogens (tertiary/aromatic N) is 2. The summed E-state index contributed by atoms with van der Waals surface area (Å²) in [5.74, 6) is -2.62. The Morgan fingerprint density at radius 3 is 2.35 bits per heavy atom. The molecule has 0 fully saturated rings. The molecule has 0 aliphatic carbocycles. The van der Waals surface area contributed by atoms with Crippen LogP contribution in [0.4, 0.5) is 8.78 Å². The van der Waals surface area contributed by atoms with E-state index >= 15 is 0 Å². The number of aromatic nitrogens is 2. The average molecular weight is 341 g/mol. The summed E-state index contributed by atoms with van der Waals surface area (Å²) in [6, 6.07) is 3.61. The number of hydrogen-bond donors (Lipinski definition) is 0. The van der Waals surface area contributed by atoms with Crippen molar-refractivity contribution in [2.75, 3.05) is 0 Å². The molecule has 7 heteroatoms. The SMILES string of the molecule is CC(=O)Cc1cc(F)c(Oc2cc(C(C)C)c(Cl)nn2)c(F)c1. The zero-order chi connectivity index (χ0) is 17.1. The number of carbonyl (C=O) groups excluding carboxylic acids is 1. The van der Waals surface area contributed by atoms with Crippen molar-refractivity contribution in [3.63, 3.8) is 0 Å². The molecule has 122 valence electrons. The maximum Gasteiger partial charge on any atom is 0.239 e. The highest BCUT2D eigenvalue weighted by atomic mass is 35.5. The highest BCUT2D eigenvalue weighted by Crippen LogP contribution is 2.30. The number of Topliss-reactive ketones (excluding diaryl/α,β-unsaturated/α-hetero) is 1. The average Bonchev–Trinajstić information content (AvgIpc) is 2.43. The van der Waals surface area contributed by atoms with Gasteiger partial charge in [-0.15, -0.1) is 10.2 Å². The lowest BCUT2D eigenvalue weighted by Crippen LogP contribution is -2.02. The van der Waals surface area contributed by atoms with Gasteiger partial charge in [-0.05, 0) is 36.1 Å². The van der Waals surface area contributed by atoms with E-state index in [-0.39, 0.29) is 34.7 Å². The maximum absolute atomic E-state index is 14.0. The van der Waals surface area contributed by atoms with E-state index in [9.17, 15) is 13.6 Å². The number of ether oxygens (including phenoxy) is 1. The van der Waals surface area contributed by atoms with Crippen LogP contribution in [0.5, 0.6) is 11.6 Å². The number of hydrogen-bond acceptors (Lipinski definition) is 4. The van der Waals surface area contributed by atoms with E-state index in [4.69, 9.17) is 16.3 Å². The lowest BCUT2D eigenvalue weighted by molar-refractivity contribution is -0.116. The molecule has 0 amide bonds. The molecule has 0 bridgehead atoms. The first-order valence-electron chi connectivity index (χ1n) is 6.96. The normalized spacial score (nSPS) is 10.9. The van der Waals surface area contributed by atoms with E-state index in [0.29, 0.717) is 5.56 Å². The minimum absolute atomic E-state index is 0.0491. The van der Waals surface area contributed by atoms with Gasteiger partial charge in [0.15, 0.2) is 16.8 Å². The van der Waals surface area contributed by atoms with Crippen molar-refractivity contribution in [3.8, 4) is 11.6 Å². The Morgan fingerprint density at radius 1 is 1.22 bits per heavy atom. The zero-order valence-corrected chi connectivity index (χ0v) is 13.6. The van der Waals surface area contributed by atoms with Gasteiger partial charge in [0, 0.05) is 12.5 Å². The molecule has 0 N–H and O–H groups in total. The van der Waals surface area contributed by atoms with Crippen molar-refractivity contribution < 1.29 is 18.3 Å². The Hall–Kier alpha value is -2.08. The second-order valence-corrected chi connectivity index (χ2v) is 5.81. The second kappa shape index (κ2) is 7.00. The van der Waals surface area contributed by atoms with Crippen LogP contribution >= 0.6 is 11.6 Å². The quantitative estimate of drug-likeness (QED) is 0.806. The van der Waals surface area contributed by atoms with Crippen LogP contribution in [0.25, 0.3) is 0 Å². The fraction of sp³-hybridized carbons (Fsp3) is 0.312.